The van der Waals surface area contributed by atoms with Crippen LogP contribution in [-0.2, 0) is 4.79 Å². The van der Waals surface area contributed by atoms with Gasteiger partial charge in [0, 0.05) is 6.42 Å². The molecule has 1 atom stereocenters. The van der Waals surface area contributed by atoms with Crippen molar-refractivity contribution >= 4 is 6.29 Å². The first kappa shape index (κ1) is 9.37. The number of carbonyl (C=O) groups is 1. The molecule has 0 fully saturated rings. The zero-order chi connectivity index (χ0) is 7.82. The molecule has 0 aliphatic heterocycles. The highest BCUT2D eigenvalue weighted by atomic mass is 16.3. The molecule has 0 spiro atoms. The van der Waals surface area contributed by atoms with Crippen molar-refractivity contribution in [1.82, 2.24) is 0 Å². The van der Waals surface area contributed by atoms with Crippen LogP contribution in [0.15, 0.2) is 12.2 Å². The zero-order valence-electron chi connectivity index (χ0n) is 6.29. The van der Waals surface area contributed by atoms with Gasteiger partial charge in [-0.2, -0.15) is 0 Å². The second-order valence-corrected chi connectivity index (χ2v) is 2.27. The monoisotopic (exact) mass is 142 g/mol. The molecule has 1 unspecified atom stereocenters. The first-order valence-electron chi connectivity index (χ1n) is 3.55. The molecule has 0 bridgehead atoms. The number of aliphatic hydroxyl groups excluding tert-OH is 1. The van der Waals surface area contributed by atoms with Crippen LogP contribution in [0.5, 0.6) is 0 Å². The number of aliphatic hydroxyl groups is 1. The van der Waals surface area contributed by atoms with E-state index in [9.17, 15) is 4.79 Å². The maximum Gasteiger partial charge on any atom is 0.120 e. The quantitative estimate of drug-likeness (QED) is 0.357. The molecule has 0 aromatic carbocycles. The summed E-state index contributed by atoms with van der Waals surface area (Å²) >= 11 is 0. The minimum Gasteiger partial charge on any atom is -0.389 e. The van der Waals surface area contributed by atoms with E-state index in [1.54, 1.807) is 13.0 Å². The highest BCUT2D eigenvalue weighted by molar-refractivity contribution is 5.48. The molecule has 2 nitrogen and oxygen atoms in total. The number of aldehydes is 1. The third-order valence-corrected chi connectivity index (χ3v) is 1.11. The number of carbonyl (C=O) groups excluding carboxylic acids is 1. The second-order valence-electron chi connectivity index (χ2n) is 2.27. The number of rotatable bonds is 5. The van der Waals surface area contributed by atoms with Crippen LogP contribution in [0.2, 0.25) is 0 Å². The van der Waals surface area contributed by atoms with Crippen molar-refractivity contribution in [2.75, 3.05) is 0 Å². The van der Waals surface area contributed by atoms with Crippen LogP contribution >= 0.6 is 0 Å². The van der Waals surface area contributed by atoms with Gasteiger partial charge in [-0.05, 0) is 19.8 Å². The lowest BCUT2D eigenvalue weighted by molar-refractivity contribution is -0.107. The van der Waals surface area contributed by atoms with Crippen molar-refractivity contribution in [1.29, 1.82) is 0 Å². The standard InChI is InChI=1S/C8H14O2/c1-8(10)6-4-2-3-5-7-9/h4,6-8,10H,2-3,5H2,1H3/b6-4+. The molecule has 58 valence electrons. The number of allylic oxidation sites excluding steroid dienone is 1. The lowest BCUT2D eigenvalue weighted by atomic mass is 10.2. The number of hydrogen-bond donors (Lipinski definition) is 1. The highest BCUT2D eigenvalue weighted by Crippen LogP contribution is 1.94. The maximum absolute atomic E-state index is 9.83. The van der Waals surface area contributed by atoms with Crippen molar-refractivity contribution in [3.8, 4) is 0 Å². The Morgan fingerprint density at radius 3 is 2.70 bits per heavy atom. The highest BCUT2D eigenvalue weighted by Gasteiger charge is 1.84. The largest absolute Gasteiger partial charge is 0.389 e. The summed E-state index contributed by atoms with van der Waals surface area (Å²) < 4.78 is 0. The van der Waals surface area contributed by atoms with E-state index in [1.165, 1.54) is 0 Å². The molecule has 0 aromatic heterocycles. The first-order valence-corrected chi connectivity index (χ1v) is 3.55. The van der Waals surface area contributed by atoms with Gasteiger partial charge in [0.2, 0.25) is 0 Å². The third-order valence-electron chi connectivity index (χ3n) is 1.11. The fourth-order valence-corrected chi connectivity index (χ4v) is 0.612. The third kappa shape index (κ3) is 7.37. The van der Waals surface area contributed by atoms with E-state index in [2.05, 4.69) is 0 Å². The van der Waals surface area contributed by atoms with Crippen LogP contribution in [0, 0.1) is 0 Å². The molecule has 0 aliphatic rings. The number of hydrogen-bond acceptors (Lipinski definition) is 2. The summed E-state index contributed by atoms with van der Waals surface area (Å²) in [6, 6.07) is 0. The van der Waals surface area contributed by atoms with E-state index >= 15 is 0 Å². The van der Waals surface area contributed by atoms with Crippen LogP contribution in [-0.4, -0.2) is 17.5 Å². The normalized spacial score (nSPS) is 13.8. The predicted octanol–water partition coefficient (Wildman–Crippen LogP) is 1.29. The van der Waals surface area contributed by atoms with Crippen LogP contribution in [0.1, 0.15) is 26.2 Å². The Bertz CT molecular complexity index is 106. The maximum atomic E-state index is 9.83. The van der Waals surface area contributed by atoms with E-state index < -0.39 is 0 Å². The van der Waals surface area contributed by atoms with Crippen molar-refractivity contribution in [3.63, 3.8) is 0 Å². The minimum atomic E-state index is -0.365. The molecular weight excluding hydrogens is 128 g/mol. The lowest BCUT2D eigenvalue weighted by Crippen LogP contribution is -1.91. The summed E-state index contributed by atoms with van der Waals surface area (Å²) in [5.41, 5.74) is 0. The van der Waals surface area contributed by atoms with Crippen LogP contribution in [0.4, 0.5) is 0 Å². The molecule has 1 N–H and O–H groups in total. The summed E-state index contributed by atoms with van der Waals surface area (Å²) in [5.74, 6) is 0. The molecule has 0 aliphatic carbocycles. The van der Waals surface area contributed by atoms with Gasteiger partial charge < -0.3 is 9.90 Å². The Hall–Kier alpha value is -0.630. The van der Waals surface area contributed by atoms with Crippen molar-refractivity contribution in [3.05, 3.63) is 12.2 Å². The van der Waals surface area contributed by atoms with Gasteiger partial charge in [-0.3, -0.25) is 0 Å². The van der Waals surface area contributed by atoms with E-state index in [4.69, 9.17) is 5.11 Å². The summed E-state index contributed by atoms with van der Waals surface area (Å²) in [5, 5.41) is 8.75. The molecule has 0 radical (unpaired) electrons. The molecule has 2 heteroatoms. The summed E-state index contributed by atoms with van der Waals surface area (Å²) in [6.45, 7) is 1.70. The molecular formula is C8H14O2. The van der Waals surface area contributed by atoms with Crippen LogP contribution in [0.3, 0.4) is 0 Å². The predicted molar refractivity (Wildman–Crippen MR) is 40.7 cm³/mol. The van der Waals surface area contributed by atoms with E-state index in [-0.39, 0.29) is 6.10 Å². The van der Waals surface area contributed by atoms with E-state index in [0.717, 1.165) is 19.1 Å². The van der Waals surface area contributed by atoms with Gasteiger partial charge in [0.05, 0.1) is 6.10 Å². The van der Waals surface area contributed by atoms with Gasteiger partial charge >= 0.3 is 0 Å². The van der Waals surface area contributed by atoms with E-state index in [1.807, 2.05) is 6.08 Å². The fraction of sp³-hybridized carbons (Fsp3) is 0.625. The topological polar surface area (TPSA) is 37.3 Å². The summed E-state index contributed by atoms with van der Waals surface area (Å²) in [4.78, 5) is 9.83. The molecule has 0 heterocycles. The Morgan fingerprint density at radius 2 is 2.20 bits per heavy atom. The van der Waals surface area contributed by atoms with Crippen LogP contribution in [0.25, 0.3) is 0 Å². The van der Waals surface area contributed by atoms with Gasteiger partial charge in [-0.25, -0.2) is 0 Å². The molecule has 0 aromatic rings. The summed E-state index contributed by atoms with van der Waals surface area (Å²) in [7, 11) is 0. The van der Waals surface area contributed by atoms with Gasteiger partial charge in [0.1, 0.15) is 6.29 Å². The lowest BCUT2D eigenvalue weighted by Gasteiger charge is -1.92. The molecule has 0 saturated carbocycles. The Labute approximate surface area is 61.6 Å². The SMILES string of the molecule is CC(O)/C=C/CCCC=O. The zero-order valence-corrected chi connectivity index (χ0v) is 6.29. The summed E-state index contributed by atoms with van der Waals surface area (Å²) in [6.07, 6.45) is 6.55. The molecule has 0 rings (SSSR count). The van der Waals surface area contributed by atoms with Crippen molar-refractivity contribution in [2.24, 2.45) is 0 Å². The average Bonchev–Trinajstić information content (AvgIpc) is 1.87. The Balaban J connectivity index is 3.10. The minimum absolute atomic E-state index is 0.365. The number of unbranched alkanes of at least 4 members (excludes halogenated alkanes) is 2. The van der Waals surface area contributed by atoms with Gasteiger partial charge in [0.15, 0.2) is 0 Å². The van der Waals surface area contributed by atoms with Gasteiger partial charge in [0.25, 0.3) is 0 Å². The van der Waals surface area contributed by atoms with Crippen molar-refractivity contribution in [2.45, 2.75) is 32.3 Å². The average molecular weight is 142 g/mol. The smallest absolute Gasteiger partial charge is 0.120 e. The fourth-order valence-electron chi connectivity index (χ4n) is 0.612. The van der Waals surface area contributed by atoms with Crippen LogP contribution < -0.4 is 0 Å². The molecule has 10 heavy (non-hydrogen) atoms. The van der Waals surface area contributed by atoms with Gasteiger partial charge in [-0.1, -0.05) is 12.2 Å². The Kier molecular flexibility index (Phi) is 6.08. The van der Waals surface area contributed by atoms with Gasteiger partial charge in [-0.15, -0.1) is 0 Å². The first-order chi connectivity index (χ1) is 4.77. The van der Waals surface area contributed by atoms with E-state index in [0.29, 0.717) is 6.42 Å². The molecule has 0 saturated heterocycles. The second kappa shape index (κ2) is 6.49. The van der Waals surface area contributed by atoms with Crippen molar-refractivity contribution < 1.29 is 9.90 Å². The molecule has 0 amide bonds. The Morgan fingerprint density at radius 1 is 1.50 bits per heavy atom.